The molecule has 13 rings (SSSR count). The molecule has 0 unspecified atom stereocenters. The third kappa shape index (κ3) is 5.63. The van der Waals surface area contributed by atoms with Crippen molar-refractivity contribution in [1.29, 1.82) is 0 Å². The SMILES string of the molecule is C1=Cc2c(c(N(c3ccccc3)c3cc4ccccc4c4ccccc34)cc3c2sc2cc(N(c4ccccc4)c4cc5ccccc5c5ccccc45)c4ccccc4c23)CC1. The largest absolute Gasteiger partial charge is 0.310 e. The quantitative estimate of drug-likeness (QED) is 0.154. The van der Waals surface area contributed by atoms with Crippen molar-refractivity contribution in [2.24, 2.45) is 0 Å². The molecule has 1 aliphatic carbocycles. The molecule has 0 bridgehead atoms. The van der Waals surface area contributed by atoms with E-state index in [9.17, 15) is 0 Å². The number of anilines is 6. The number of hydrogen-bond donors (Lipinski definition) is 0. The Balaban J connectivity index is 1.12. The highest BCUT2D eigenvalue weighted by Crippen LogP contribution is 2.53. The maximum atomic E-state index is 2.55. The highest BCUT2D eigenvalue weighted by atomic mass is 32.1. The normalized spacial score (nSPS) is 12.6. The first kappa shape index (κ1) is 36.0. The minimum Gasteiger partial charge on any atom is -0.310 e. The van der Waals surface area contributed by atoms with Crippen molar-refractivity contribution in [3.63, 3.8) is 0 Å². The summed E-state index contributed by atoms with van der Waals surface area (Å²) < 4.78 is 2.63. The molecule has 1 aromatic heterocycles. The lowest BCUT2D eigenvalue weighted by Crippen LogP contribution is -2.14. The zero-order valence-corrected chi connectivity index (χ0v) is 35.3. The summed E-state index contributed by atoms with van der Waals surface area (Å²) in [6, 6.07) is 76.2. The van der Waals surface area contributed by atoms with Gasteiger partial charge in [-0.1, -0.05) is 170 Å². The van der Waals surface area contributed by atoms with Crippen LogP contribution in [-0.2, 0) is 6.42 Å². The second-order valence-corrected chi connectivity index (χ2v) is 17.7. The lowest BCUT2D eigenvalue weighted by molar-refractivity contribution is 0.985. The van der Waals surface area contributed by atoms with Gasteiger partial charge < -0.3 is 9.80 Å². The Hall–Kier alpha value is -7.72. The summed E-state index contributed by atoms with van der Waals surface area (Å²) in [5.74, 6) is 0. The van der Waals surface area contributed by atoms with E-state index in [1.54, 1.807) is 0 Å². The van der Waals surface area contributed by atoms with Crippen molar-refractivity contribution in [3.05, 3.63) is 223 Å². The highest BCUT2D eigenvalue weighted by Gasteiger charge is 2.27. The van der Waals surface area contributed by atoms with Crippen LogP contribution in [0.5, 0.6) is 0 Å². The van der Waals surface area contributed by atoms with Gasteiger partial charge in [0.15, 0.2) is 0 Å². The maximum Gasteiger partial charge on any atom is 0.0554 e. The van der Waals surface area contributed by atoms with E-state index in [2.05, 4.69) is 228 Å². The van der Waals surface area contributed by atoms with E-state index in [-0.39, 0.29) is 0 Å². The molecule has 296 valence electrons. The number of para-hydroxylation sites is 2. The Labute approximate surface area is 369 Å². The van der Waals surface area contributed by atoms with Gasteiger partial charge in [-0.25, -0.2) is 0 Å². The van der Waals surface area contributed by atoms with E-state index >= 15 is 0 Å². The molecule has 0 N–H and O–H groups in total. The predicted molar refractivity (Wildman–Crippen MR) is 274 cm³/mol. The summed E-state index contributed by atoms with van der Waals surface area (Å²) in [4.78, 5) is 5.05. The van der Waals surface area contributed by atoms with E-state index in [0.29, 0.717) is 0 Å². The number of nitrogens with zero attached hydrogens (tertiary/aromatic N) is 2. The number of hydrogen-bond acceptors (Lipinski definition) is 3. The number of allylic oxidation sites excluding steroid dienone is 1. The van der Waals surface area contributed by atoms with Crippen LogP contribution in [0.1, 0.15) is 17.5 Å². The van der Waals surface area contributed by atoms with Crippen molar-refractivity contribution in [1.82, 2.24) is 0 Å². The molecular formula is C60H40N2S. The fourth-order valence-corrected chi connectivity index (χ4v) is 11.8. The third-order valence-electron chi connectivity index (χ3n) is 13.2. The molecular weight excluding hydrogens is 781 g/mol. The molecule has 0 atom stereocenters. The number of rotatable bonds is 6. The number of fused-ring (bicyclic) bond motifs is 13. The minimum absolute atomic E-state index is 0.975. The van der Waals surface area contributed by atoms with Crippen LogP contribution in [0.15, 0.2) is 212 Å². The van der Waals surface area contributed by atoms with Gasteiger partial charge in [0.25, 0.3) is 0 Å². The molecule has 0 spiro atoms. The number of thiophene rings is 1. The summed E-state index contributed by atoms with van der Waals surface area (Å²) in [5.41, 5.74) is 9.81. The molecule has 0 saturated heterocycles. The van der Waals surface area contributed by atoms with Crippen LogP contribution in [0, 0.1) is 0 Å². The first-order chi connectivity index (χ1) is 31.3. The molecule has 3 heteroatoms. The molecule has 0 saturated carbocycles. The first-order valence-corrected chi connectivity index (χ1v) is 22.7. The van der Waals surface area contributed by atoms with Gasteiger partial charge in [0.2, 0.25) is 0 Å². The van der Waals surface area contributed by atoms with Crippen LogP contribution >= 0.6 is 11.3 Å². The first-order valence-electron chi connectivity index (χ1n) is 21.9. The highest BCUT2D eigenvalue weighted by molar-refractivity contribution is 7.26. The van der Waals surface area contributed by atoms with Crippen LogP contribution < -0.4 is 9.80 Å². The molecule has 0 radical (unpaired) electrons. The molecule has 1 heterocycles. The molecule has 0 amide bonds. The van der Waals surface area contributed by atoms with Crippen LogP contribution in [0.25, 0.3) is 80.1 Å². The van der Waals surface area contributed by atoms with Gasteiger partial charge in [-0.15, -0.1) is 11.3 Å². The van der Waals surface area contributed by atoms with Crippen LogP contribution in [0.3, 0.4) is 0 Å². The van der Waals surface area contributed by atoms with Gasteiger partial charge in [0.1, 0.15) is 0 Å². The molecule has 1 aliphatic rings. The van der Waals surface area contributed by atoms with Crippen molar-refractivity contribution >= 4 is 126 Å². The molecule has 0 aliphatic heterocycles. The standard InChI is InChI=1S/C60H40N2S/c1-3-21-41(22-4-1)61(54-35-39-19-7-9-25-43(39)45-27-11-13-29-47(45)54)56-37-53-59-51-33-17-15-31-49(51)57(38-58(59)63-60(53)52-34-18-16-32-50(52)56)62(42-23-5-2-6-24-42)55-36-40-20-8-10-26-44(40)46-28-12-14-30-48(46)55/h1-15,17-31,33-38H,16,32H2. The van der Waals surface area contributed by atoms with Gasteiger partial charge in [-0.05, 0) is 110 Å². The molecule has 12 aromatic rings. The molecule has 2 nitrogen and oxygen atoms in total. The Bertz CT molecular complexity index is 3810. The third-order valence-corrected chi connectivity index (χ3v) is 14.4. The van der Waals surface area contributed by atoms with Gasteiger partial charge in [-0.3, -0.25) is 0 Å². The van der Waals surface area contributed by atoms with Crippen LogP contribution in [0.2, 0.25) is 0 Å². The van der Waals surface area contributed by atoms with E-state index in [1.807, 2.05) is 11.3 Å². The Kier molecular flexibility index (Phi) is 8.25. The molecule has 63 heavy (non-hydrogen) atoms. The predicted octanol–water partition coefficient (Wildman–Crippen LogP) is 17.7. The van der Waals surface area contributed by atoms with Gasteiger partial charge in [-0.2, -0.15) is 0 Å². The second-order valence-electron chi connectivity index (χ2n) is 16.7. The van der Waals surface area contributed by atoms with Crippen molar-refractivity contribution in [2.45, 2.75) is 12.8 Å². The zero-order chi connectivity index (χ0) is 41.4. The van der Waals surface area contributed by atoms with Crippen molar-refractivity contribution < 1.29 is 0 Å². The van der Waals surface area contributed by atoms with E-state index in [4.69, 9.17) is 0 Å². The summed E-state index contributed by atoms with van der Waals surface area (Å²) in [6.07, 6.45) is 6.77. The minimum atomic E-state index is 0.975. The van der Waals surface area contributed by atoms with Gasteiger partial charge in [0.05, 0.1) is 22.7 Å². The Morgan fingerprint density at radius 2 is 0.810 bits per heavy atom. The Morgan fingerprint density at radius 1 is 0.365 bits per heavy atom. The summed E-state index contributed by atoms with van der Waals surface area (Å²) in [7, 11) is 0. The lowest BCUT2D eigenvalue weighted by Gasteiger charge is -2.31. The van der Waals surface area contributed by atoms with E-state index in [1.165, 1.54) is 108 Å². The van der Waals surface area contributed by atoms with Crippen LogP contribution in [-0.4, -0.2) is 0 Å². The van der Waals surface area contributed by atoms with E-state index in [0.717, 1.165) is 24.2 Å². The van der Waals surface area contributed by atoms with Crippen molar-refractivity contribution in [3.8, 4) is 0 Å². The second kappa shape index (κ2) is 14.4. The summed E-state index contributed by atoms with van der Waals surface area (Å²) in [5, 5.41) is 15.1. The molecule has 0 fully saturated rings. The average molecular weight is 821 g/mol. The zero-order valence-electron chi connectivity index (χ0n) is 34.5. The summed E-state index contributed by atoms with van der Waals surface area (Å²) >= 11 is 1.94. The fraction of sp³-hybridized carbons (Fsp3) is 0.0333. The van der Waals surface area contributed by atoms with Crippen LogP contribution in [0.4, 0.5) is 34.1 Å². The lowest BCUT2D eigenvalue weighted by atomic mass is 9.91. The molecule has 11 aromatic carbocycles. The topological polar surface area (TPSA) is 6.48 Å². The average Bonchev–Trinajstić information content (AvgIpc) is 3.74. The maximum absolute atomic E-state index is 2.55. The monoisotopic (exact) mass is 820 g/mol. The van der Waals surface area contributed by atoms with Crippen molar-refractivity contribution in [2.75, 3.05) is 9.80 Å². The Morgan fingerprint density at radius 3 is 1.38 bits per heavy atom. The van der Waals surface area contributed by atoms with Gasteiger partial charge in [0, 0.05) is 47.7 Å². The number of benzene rings is 11. The smallest absolute Gasteiger partial charge is 0.0554 e. The fourth-order valence-electron chi connectivity index (χ4n) is 10.5. The summed E-state index contributed by atoms with van der Waals surface area (Å²) in [6.45, 7) is 0. The van der Waals surface area contributed by atoms with E-state index < -0.39 is 0 Å². The van der Waals surface area contributed by atoms with Gasteiger partial charge >= 0.3 is 0 Å².